The molecular weight excluding hydrogens is 320 g/mol. The molecule has 0 aliphatic carbocycles. The van der Waals surface area contributed by atoms with Crippen molar-refractivity contribution in [1.29, 1.82) is 0 Å². The maximum atomic E-state index is 5.87. The zero-order chi connectivity index (χ0) is 13.9. The van der Waals surface area contributed by atoms with E-state index in [9.17, 15) is 0 Å². The lowest BCUT2D eigenvalue weighted by atomic mass is 10.1. The zero-order valence-electron chi connectivity index (χ0n) is 10.4. The van der Waals surface area contributed by atoms with Crippen molar-refractivity contribution in [2.24, 2.45) is 5.84 Å². The highest BCUT2D eigenvalue weighted by atomic mass is 79.9. The zero-order valence-corrected chi connectivity index (χ0v) is 12.0. The van der Waals surface area contributed by atoms with Gasteiger partial charge in [0.2, 0.25) is 11.8 Å². The topological polar surface area (TPSA) is 73.1 Å². The number of hydrazine groups is 1. The van der Waals surface area contributed by atoms with Gasteiger partial charge in [-0.25, -0.2) is 10.8 Å². The predicted molar refractivity (Wildman–Crippen MR) is 81.6 cm³/mol. The standard InChI is InChI=1S/C14H11BrN4O/c15-11-8-17-14(19-16)18-13(11)20-12-7-3-5-9-4-1-2-6-10(9)12/h1-8H,16H2,(H,17,18,19). The molecule has 0 spiro atoms. The SMILES string of the molecule is NNc1ncc(Br)c(Oc2cccc3ccccc23)n1. The van der Waals surface area contributed by atoms with Crippen LogP contribution >= 0.6 is 15.9 Å². The van der Waals surface area contributed by atoms with Crippen LogP contribution in [0.1, 0.15) is 0 Å². The van der Waals surface area contributed by atoms with Crippen LogP contribution in [-0.2, 0) is 0 Å². The predicted octanol–water partition coefficient (Wildman–Crippen LogP) is 3.47. The molecule has 0 radical (unpaired) electrons. The smallest absolute Gasteiger partial charge is 0.240 e. The molecule has 0 fully saturated rings. The van der Waals surface area contributed by atoms with Gasteiger partial charge in [0.25, 0.3) is 0 Å². The van der Waals surface area contributed by atoms with Crippen molar-refractivity contribution in [1.82, 2.24) is 9.97 Å². The van der Waals surface area contributed by atoms with E-state index in [-0.39, 0.29) is 0 Å². The third-order valence-electron chi connectivity index (χ3n) is 2.80. The van der Waals surface area contributed by atoms with Crippen LogP contribution in [0, 0.1) is 0 Å². The lowest BCUT2D eigenvalue weighted by Crippen LogP contribution is -2.10. The molecule has 0 saturated carbocycles. The summed E-state index contributed by atoms with van der Waals surface area (Å²) in [4.78, 5) is 8.16. The third-order valence-corrected chi connectivity index (χ3v) is 3.34. The number of fused-ring (bicyclic) bond motifs is 1. The minimum Gasteiger partial charge on any atom is -0.437 e. The molecule has 100 valence electrons. The molecule has 6 heteroatoms. The van der Waals surface area contributed by atoms with E-state index in [2.05, 4.69) is 31.3 Å². The molecule has 3 aromatic rings. The van der Waals surface area contributed by atoms with E-state index in [1.165, 1.54) is 0 Å². The minimum absolute atomic E-state index is 0.295. The van der Waals surface area contributed by atoms with Gasteiger partial charge >= 0.3 is 0 Å². The van der Waals surface area contributed by atoms with Gasteiger partial charge in [0.05, 0.1) is 10.7 Å². The van der Waals surface area contributed by atoms with Gasteiger partial charge in [-0.3, -0.25) is 5.43 Å². The number of aromatic nitrogens is 2. The second-order valence-corrected chi connectivity index (χ2v) is 4.92. The molecule has 1 heterocycles. The van der Waals surface area contributed by atoms with Crippen LogP contribution in [0.2, 0.25) is 0 Å². The molecule has 1 aromatic heterocycles. The molecule has 3 N–H and O–H groups in total. The summed E-state index contributed by atoms with van der Waals surface area (Å²) in [7, 11) is 0. The normalized spacial score (nSPS) is 10.5. The van der Waals surface area contributed by atoms with E-state index in [4.69, 9.17) is 10.6 Å². The van der Waals surface area contributed by atoms with E-state index in [0.29, 0.717) is 16.3 Å². The lowest BCUT2D eigenvalue weighted by molar-refractivity contribution is 0.464. The molecule has 2 aromatic carbocycles. The fourth-order valence-corrected chi connectivity index (χ4v) is 2.15. The van der Waals surface area contributed by atoms with Crippen LogP contribution in [0.25, 0.3) is 10.8 Å². The summed E-state index contributed by atoms with van der Waals surface area (Å²) in [5.74, 6) is 6.74. The van der Waals surface area contributed by atoms with Crippen LogP contribution < -0.4 is 16.0 Å². The molecule has 0 amide bonds. The highest BCUT2D eigenvalue weighted by molar-refractivity contribution is 9.10. The lowest BCUT2D eigenvalue weighted by Gasteiger charge is -2.10. The van der Waals surface area contributed by atoms with Crippen molar-refractivity contribution in [3.8, 4) is 11.6 Å². The van der Waals surface area contributed by atoms with Crippen molar-refractivity contribution >= 4 is 32.7 Å². The Kier molecular flexibility index (Phi) is 3.49. The van der Waals surface area contributed by atoms with Gasteiger partial charge < -0.3 is 4.74 Å². The van der Waals surface area contributed by atoms with Gasteiger partial charge in [0, 0.05) is 5.39 Å². The van der Waals surface area contributed by atoms with Gasteiger partial charge in [0.1, 0.15) is 5.75 Å². The number of rotatable bonds is 3. The number of anilines is 1. The Morgan fingerprint density at radius 2 is 1.90 bits per heavy atom. The van der Waals surface area contributed by atoms with Crippen molar-refractivity contribution in [2.75, 3.05) is 5.43 Å². The molecule has 0 aliphatic rings. The number of halogens is 1. The number of nitrogens with two attached hydrogens (primary N) is 1. The molecule has 0 saturated heterocycles. The number of nitrogen functional groups attached to an aromatic ring is 1. The highest BCUT2D eigenvalue weighted by Crippen LogP contribution is 2.32. The first kappa shape index (κ1) is 12.8. The van der Waals surface area contributed by atoms with Gasteiger partial charge in [-0.15, -0.1) is 0 Å². The summed E-state index contributed by atoms with van der Waals surface area (Å²) < 4.78 is 6.53. The third kappa shape index (κ3) is 2.43. The Hall–Kier alpha value is -2.18. The number of nitrogens with zero attached hydrogens (tertiary/aromatic N) is 2. The summed E-state index contributed by atoms with van der Waals surface area (Å²) in [6.45, 7) is 0. The van der Waals surface area contributed by atoms with Crippen molar-refractivity contribution in [3.63, 3.8) is 0 Å². The Balaban J connectivity index is 2.05. The van der Waals surface area contributed by atoms with E-state index in [0.717, 1.165) is 16.5 Å². The van der Waals surface area contributed by atoms with E-state index < -0.39 is 0 Å². The van der Waals surface area contributed by atoms with Gasteiger partial charge in [-0.1, -0.05) is 36.4 Å². The maximum Gasteiger partial charge on any atom is 0.240 e. The van der Waals surface area contributed by atoms with Gasteiger partial charge in [-0.05, 0) is 27.4 Å². The van der Waals surface area contributed by atoms with Crippen LogP contribution in [0.4, 0.5) is 5.95 Å². The van der Waals surface area contributed by atoms with Crippen LogP contribution in [-0.4, -0.2) is 9.97 Å². The number of hydrogen-bond donors (Lipinski definition) is 2. The van der Waals surface area contributed by atoms with Crippen LogP contribution in [0.15, 0.2) is 53.1 Å². The quantitative estimate of drug-likeness (QED) is 0.568. The summed E-state index contributed by atoms with van der Waals surface area (Å²) in [5.41, 5.74) is 2.39. The molecule has 0 bridgehead atoms. The summed E-state index contributed by atoms with van der Waals surface area (Å²) in [6.07, 6.45) is 1.59. The molecular formula is C14H11BrN4O. The van der Waals surface area contributed by atoms with Crippen molar-refractivity contribution in [2.45, 2.75) is 0 Å². The first-order chi connectivity index (χ1) is 9.78. The van der Waals surface area contributed by atoms with Crippen LogP contribution in [0.5, 0.6) is 11.6 Å². The molecule has 5 nitrogen and oxygen atoms in total. The van der Waals surface area contributed by atoms with Crippen molar-refractivity contribution in [3.05, 3.63) is 53.1 Å². The highest BCUT2D eigenvalue weighted by Gasteiger charge is 2.09. The average Bonchev–Trinajstić information content (AvgIpc) is 2.50. The second kappa shape index (κ2) is 5.44. The summed E-state index contributed by atoms with van der Waals surface area (Å²) in [5, 5.41) is 2.12. The molecule has 0 unspecified atom stereocenters. The first-order valence-corrected chi connectivity index (χ1v) is 6.72. The first-order valence-electron chi connectivity index (χ1n) is 5.92. The average molecular weight is 331 g/mol. The molecule has 0 aliphatic heterocycles. The fraction of sp³-hybridized carbons (Fsp3) is 0. The van der Waals surface area contributed by atoms with Crippen LogP contribution in [0.3, 0.4) is 0 Å². The number of hydrogen-bond acceptors (Lipinski definition) is 5. The largest absolute Gasteiger partial charge is 0.437 e. The van der Waals surface area contributed by atoms with E-state index in [1.54, 1.807) is 6.20 Å². The number of ether oxygens (including phenoxy) is 1. The maximum absolute atomic E-state index is 5.87. The van der Waals surface area contributed by atoms with Crippen molar-refractivity contribution < 1.29 is 4.74 Å². The Morgan fingerprint density at radius 1 is 1.10 bits per heavy atom. The summed E-state index contributed by atoms with van der Waals surface area (Å²) in [6, 6.07) is 13.9. The molecule has 20 heavy (non-hydrogen) atoms. The minimum atomic E-state index is 0.295. The van der Waals surface area contributed by atoms with Gasteiger partial charge in [-0.2, -0.15) is 4.98 Å². The Labute approximate surface area is 123 Å². The molecule has 0 atom stereocenters. The van der Waals surface area contributed by atoms with E-state index in [1.807, 2.05) is 42.5 Å². The fourth-order valence-electron chi connectivity index (χ4n) is 1.88. The number of nitrogens with one attached hydrogen (secondary N) is 1. The molecule has 3 rings (SSSR count). The Morgan fingerprint density at radius 3 is 2.75 bits per heavy atom. The summed E-state index contributed by atoms with van der Waals surface area (Å²) >= 11 is 3.36. The second-order valence-electron chi connectivity index (χ2n) is 4.07. The monoisotopic (exact) mass is 330 g/mol. The van der Waals surface area contributed by atoms with E-state index >= 15 is 0 Å². The van der Waals surface area contributed by atoms with Gasteiger partial charge in [0.15, 0.2) is 0 Å². The number of benzene rings is 2. The Bertz CT molecular complexity index is 758.